The molecule has 0 aromatic carbocycles. The predicted octanol–water partition coefficient (Wildman–Crippen LogP) is 2.04. The average Bonchev–Trinajstić information content (AvgIpc) is 2.65. The summed E-state index contributed by atoms with van der Waals surface area (Å²) in [6, 6.07) is 1.71. The molecule has 8 heteroatoms. The molecular formula is C9H14BrClN2O2S2. The zero-order valence-electron chi connectivity index (χ0n) is 9.00. The van der Waals surface area contributed by atoms with Gasteiger partial charge in [0.1, 0.15) is 4.21 Å². The average molecular weight is 362 g/mol. The second-order valence-electron chi connectivity index (χ2n) is 3.82. The van der Waals surface area contributed by atoms with Gasteiger partial charge in [0.2, 0.25) is 0 Å². The SMILES string of the molecule is Cl.NC1CCCN(S(=O)(=O)c2sccc2Br)C1. The van der Waals surface area contributed by atoms with Crippen LogP contribution >= 0.6 is 39.7 Å². The second kappa shape index (κ2) is 5.99. The van der Waals surface area contributed by atoms with Crippen LogP contribution in [0.5, 0.6) is 0 Å². The molecule has 2 N–H and O–H groups in total. The maximum Gasteiger partial charge on any atom is 0.253 e. The number of nitrogens with zero attached hydrogens (tertiary/aromatic N) is 1. The van der Waals surface area contributed by atoms with E-state index in [9.17, 15) is 8.42 Å². The van der Waals surface area contributed by atoms with Crippen molar-refractivity contribution in [1.29, 1.82) is 0 Å². The first kappa shape index (κ1) is 15.4. The van der Waals surface area contributed by atoms with Gasteiger partial charge in [0, 0.05) is 23.6 Å². The number of halogens is 2. The summed E-state index contributed by atoms with van der Waals surface area (Å²) in [5.41, 5.74) is 5.80. The molecule has 1 aromatic heterocycles. The first-order chi connectivity index (χ1) is 7.51. The van der Waals surface area contributed by atoms with E-state index in [1.165, 1.54) is 15.6 Å². The van der Waals surface area contributed by atoms with E-state index in [0.717, 1.165) is 12.8 Å². The Labute approximate surface area is 120 Å². The van der Waals surface area contributed by atoms with Gasteiger partial charge in [-0.3, -0.25) is 0 Å². The van der Waals surface area contributed by atoms with E-state index < -0.39 is 10.0 Å². The molecule has 1 atom stereocenters. The summed E-state index contributed by atoms with van der Waals surface area (Å²) in [4.78, 5) is 0. The van der Waals surface area contributed by atoms with Crippen molar-refractivity contribution in [1.82, 2.24) is 4.31 Å². The normalized spacial score (nSPS) is 22.1. The number of thiophene rings is 1. The zero-order chi connectivity index (χ0) is 11.8. The Hall–Kier alpha value is 0.340. The van der Waals surface area contributed by atoms with Crippen LogP contribution < -0.4 is 5.73 Å². The number of hydrogen-bond acceptors (Lipinski definition) is 4. The Kier molecular flexibility index (Phi) is 5.42. The van der Waals surface area contributed by atoms with Gasteiger partial charge in [0.15, 0.2) is 0 Å². The van der Waals surface area contributed by atoms with Gasteiger partial charge in [0.25, 0.3) is 10.0 Å². The van der Waals surface area contributed by atoms with Crippen LogP contribution in [0.25, 0.3) is 0 Å². The second-order valence-corrected chi connectivity index (χ2v) is 7.73. The van der Waals surface area contributed by atoms with Gasteiger partial charge < -0.3 is 5.73 Å². The first-order valence-electron chi connectivity index (χ1n) is 5.00. The quantitative estimate of drug-likeness (QED) is 0.877. The summed E-state index contributed by atoms with van der Waals surface area (Å²) in [7, 11) is -3.36. The van der Waals surface area contributed by atoms with Crippen molar-refractivity contribution in [2.45, 2.75) is 23.1 Å². The number of rotatable bonds is 2. The molecule has 1 saturated heterocycles. The fourth-order valence-electron chi connectivity index (χ4n) is 1.77. The highest BCUT2D eigenvalue weighted by molar-refractivity contribution is 9.10. The van der Waals surface area contributed by atoms with Crippen LogP contribution in [0.4, 0.5) is 0 Å². The van der Waals surface area contributed by atoms with Crippen LogP contribution in [-0.4, -0.2) is 31.9 Å². The minimum absolute atomic E-state index is 0. The molecule has 0 amide bonds. The van der Waals surface area contributed by atoms with Crippen molar-refractivity contribution in [3.05, 3.63) is 15.9 Å². The van der Waals surface area contributed by atoms with Gasteiger partial charge in [-0.1, -0.05) is 0 Å². The highest BCUT2D eigenvalue weighted by Crippen LogP contribution is 2.31. The lowest BCUT2D eigenvalue weighted by molar-refractivity contribution is 0.316. The van der Waals surface area contributed by atoms with Crippen molar-refractivity contribution in [3.63, 3.8) is 0 Å². The number of nitrogens with two attached hydrogens (primary N) is 1. The lowest BCUT2D eigenvalue weighted by Crippen LogP contribution is -2.45. The molecule has 0 saturated carbocycles. The summed E-state index contributed by atoms with van der Waals surface area (Å²) in [6.45, 7) is 0.993. The molecule has 2 heterocycles. The largest absolute Gasteiger partial charge is 0.327 e. The fourth-order valence-corrected chi connectivity index (χ4v) is 5.76. The van der Waals surface area contributed by atoms with Crippen molar-refractivity contribution in [3.8, 4) is 0 Å². The third kappa shape index (κ3) is 3.21. The van der Waals surface area contributed by atoms with E-state index in [2.05, 4.69) is 15.9 Å². The van der Waals surface area contributed by atoms with Gasteiger partial charge in [-0.05, 0) is 40.2 Å². The lowest BCUT2D eigenvalue weighted by Gasteiger charge is -2.29. The van der Waals surface area contributed by atoms with Gasteiger partial charge in [0.05, 0.1) is 0 Å². The highest BCUT2D eigenvalue weighted by atomic mass is 79.9. The summed E-state index contributed by atoms with van der Waals surface area (Å²) >= 11 is 4.49. The van der Waals surface area contributed by atoms with E-state index in [-0.39, 0.29) is 18.4 Å². The van der Waals surface area contributed by atoms with Gasteiger partial charge in [-0.2, -0.15) is 4.31 Å². The molecule has 1 aliphatic rings. The van der Waals surface area contributed by atoms with Crippen LogP contribution in [0.1, 0.15) is 12.8 Å². The Morgan fingerprint density at radius 2 is 2.24 bits per heavy atom. The molecule has 17 heavy (non-hydrogen) atoms. The summed E-state index contributed by atoms with van der Waals surface area (Å²) in [5, 5.41) is 1.76. The van der Waals surface area contributed by atoms with Crippen molar-refractivity contribution in [2.24, 2.45) is 5.73 Å². The van der Waals surface area contributed by atoms with E-state index in [1.807, 2.05) is 0 Å². The smallest absolute Gasteiger partial charge is 0.253 e. The van der Waals surface area contributed by atoms with Crippen LogP contribution in [0, 0.1) is 0 Å². The molecule has 4 nitrogen and oxygen atoms in total. The number of hydrogen-bond donors (Lipinski definition) is 1. The number of piperidine rings is 1. The molecule has 0 spiro atoms. The molecule has 98 valence electrons. The Balaban J connectivity index is 0.00000144. The van der Waals surface area contributed by atoms with Crippen LogP contribution in [-0.2, 0) is 10.0 Å². The van der Waals surface area contributed by atoms with E-state index in [4.69, 9.17) is 5.73 Å². The van der Waals surface area contributed by atoms with E-state index >= 15 is 0 Å². The molecule has 0 radical (unpaired) electrons. The van der Waals surface area contributed by atoms with Crippen molar-refractivity contribution >= 4 is 49.7 Å². The molecular weight excluding hydrogens is 348 g/mol. The van der Waals surface area contributed by atoms with Crippen molar-refractivity contribution < 1.29 is 8.42 Å². The number of sulfonamides is 1. The van der Waals surface area contributed by atoms with Crippen LogP contribution in [0.2, 0.25) is 0 Å². The molecule has 1 aromatic rings. The minimum atomic E-state index is -3.36. The fraction of sp³-hybridized carbons (Fsp3) is 0.556. The summed E-state index contributed by atoms with van der Waals surface area (Å²) in [6.07, 6.45) is 1.74. The Morgan fingerprint density at radius 3 is 2.76 bits per heavy atom. The monoisotopic (exact) mass is 360 g/mol. The lowest BCUT2D eigenvalue weighted by atomic mass is 10.1. The first-order valence-corrected chi connectivity index (χ1v) is 8.12. The molecule has 2 rings (SSSR count). The van der Waals surface area contributed by atoms with Gasteiger partial charge in [-0.25, -0.2) is 8.42 Å². The third-order valence-corrected chi connectivity index (χ3v) is 7.09. The van der Waals surface area contributed by atoms with Crippen LogP contribution in [0.3, 0.4) is 0 Å². The molecule has 0 bridgehead atoms. The summed E-state index contributed by atoms with van der Waals surface area (Å²) < 4.78 is 27.0. The maximum absolute atomic E-state index is 12.3. The predicted molar refractivity (Wildman–Crippen MR) is 75.2 cm³/mol. The third-order valence-electron chi connectivity index (χ3n) is 2.58. The Morgan fingerprint density at radius 1 is 1.53 bits per heavy atom. The summed E-state index contributed by atoms with van der Waals surface area (Å²) in [5.74, 6) is 0. The maximum atomic E-state index is 12.3. The molecule has 1 unspecified atom stereocenters. The topological polar surface area (TPSA) is 63.4 Å². The van der Waals surface area contributed by atoms with Crippen molar-refractivity contribution in [2.75, 3.05) is 13.1 Å². The highest BCUT2D eigenvalue weighted by Gasteiger charge is 2.31. The molecule has 1 aliphatic heterocycles. The Bertz CT molecular complexity index is 477. The zero-order valence-corrected chi connectivity index (χ0v) is 13.0. The molecule has 0 aliphatic carbocycles. The standard InChI is InChI=1S/C9H13BrN2O2S2.ClH/c10-8-3-5-15-9(8)16(13,14)12-4-1-2-7(11)6-12;/h3,5,7H,1-2,4,6,11H2;1H. The van der Waals surface area contributed by atoms with Gasteiger partial charge >= 0.3 is 0 Å². The van der Waals surface area contributed by atoms with Crippen LogP contribution in [0.15, 0.2) is 20.1 Å². The molecule has 1 fully saturated rings. The minimum Gasteiger partial charge on any atom is -0.327 e. The van der Waals surface area contributed by atoms with Gasteiger partial charge in [-0.15, -0.1) is 23.7 Å². The van der Waals surface area contributed by atoms with E-state index in [0.29, 0.717) is 21.8 Å². The van der Waals surface area contributed by atoms with E-state index in [1.54, 1.807) is 11.4 Å².